The molecule has 0 bridgehead atoms. The number of phenolic OH excluding ortho intramolecular Hbond substituents is 2. The van der Waals surface area contributed by atoms with Gasteiger partial charge in [0.15, 0.2) is 29.3 Å². The average Bonchev–Trinajstić information content (AvgIpc) is 2.56. The molecule has 0 saturated heterocycles. The Labute approximate surface area is 176 Å². The molecule has 2 aromatic carbocycles. The van der Waals surface area contributed by atoms with Gasteiger partial charge < -0.3 is 34.4 Å². The van der Waals surface area contributed by atoms with E-state index in [9.17, 15) is 29.6 Å². The number of ether oxygens (including phenoxy) is 1. The topological polar surface area (TPSA) is 157 Å². The Morgan fingerprint density at radius 1 is 1.15 bits per heavy atom. The third kappa shape index (κ3) is 6.28. The van der Waals surface area contributed by atoms with E-state index in [1.54, 1.807) is 6.92 Å². The van der Waals surface area contributed by atoms with Crippen molar-refractivity contribution in [1.82, 2.24) is 0 Å². The van der Waals surface area contributed by atoms with Crippen molar-refractivity contribution in [3.8, 4) is 23.0 Å². The molecule has 0 radical (unpaired) electrons. The second-order valence-electron chi connectivity index (χ2n) is 5.13. The van der Waals surface area contributed by atoms with Gasteiger partial charge in [0.25, 0.3) is 0 Å². The number of benzene rings is 2. The predicted molar refractivity (Wildman–Crippen MR) is 87.6 cm³/mol. The Kier molecular flexibility index (Phi) is 7.91. The number of phenols is 2. The summed E-state index contributed by atoms with van der Waals surface area (Å²) in [7, 11) is -5.21. The molecule has 0 aliphatic heterocycles. The molecule has 0 aliphatic rings. The number of hydrogen-bond donors (Lipinski definition) is 4. The second kappa shape index (κ2) is 9.27. The number of rotatable bonds is 6. The number of carbonyl (C=O) groups excluding carboxylic acids is 1. The van der Waals surface area contributed by atoms with Crippen LogP contribution >= 0.6 is 7.82 Å². The van der Waals surface area contributed by atoms with Gasteiger partial charge in [-0.05, 0) is 36.8 Å². The van der Waals surface area contributed by atoms with E-state index in [1.807, 2.05) is 0 Å². The van der Waals surface area contributed by atoms with E-state index in [1.165, 1.54) is 24.3 Å². The molecule has 27 heavy (non-hydrogen) atoms. The van der Waals surface area contributed by atoms with Crippen LogP contribution in [0.15, 0.2) is 42.2 Å². The van der Waals surface area contributed by atoms with Crippen molar-refractivity contribution in [2.75, 3.05) is 0 Å². The molecule has 0 amide bonds. The van der Waals surface area contributed by atoms with Crippen molar-refractivity contribution in [2.24, 2.45) is 0 Å². The number of aliphatic hydroxyl groups is 1. The molecular formula is C16H14NaO9P. The number of aldehydes is 1. The SMILES string of the molecule is Cc1ccc(O)cc1O/C(=C(/O)C=O)c1ccc(O)c(OP(=O)([O-])O)c1.[Na+]. The fraction of sp³-hybridized carbons (Fsp3) is 0.0625. The maximum absolute atomic E-state index is 11.0. The van der Waals surface area contributed by atoms with Gasteiger partial charge in [-0.25, -0.2) is 0 Å². The average molecular weight is 404 g/mol. The van der Waals surface area contributed by atoms with E-state index in [2.05, 4.69) is 4.52 Å². The molecule has 4 N–H and O–H groups in total. The van der Waals surface area contributed by atoms with Gasteiger partial charge in [0.05, 0.1) is 0 Å². The van der Waals surface area contributed by atoms with Crippen LogP contribution in [-0.2, 0) is 9.36 Å². The van der Waals surface area contributed by atoms with Gasteiger partial charge in [-0.3, -0.25) is 9.36 Å². The molecule has 0 saturated carbocycles. The molecule has 0 fully saturated rings. The number of hydrogen-bond acceptors (Lipinski definition) is 8. The summed E-state index contributed by atoms with van der Waals surface area (Å²) in [5, 5.41) is 29.0. The van der Waals surface area contributed by atoms with Crippen molar-refractivity contribution in [3.05, 3.63) is 53.3 Å². The first-order valence-electron chi connectivity index (χ1n) is 7.03. The van der Waals surface area contributed by atoms with Crippen LogP contribution in [0, 0.1) is 6.92 Å². The fourth-order valence-corrected chi connectivity index (χ4v) is 2.37. The monoisotopic (exact) mass is 404 g/mol. The van der Waals surface area contributed by atoms with Crippen LogP contribution in [-0.4, -0.2) is 26.5 Å². The molecule has 1 unspecified atom stereocenters. The Bertz CT molecular complexity index is 920. The largest absolute Gasteiger partial charge is 1.00 e. The van der Waals surface area contributed by atoms with Gasteiger partial charge in [-0.1, -0.05) is 6.07 Å². The van der Waals surface area contributed by atoms with Gasteiger partial charge in [-0.15, -0.1) is 0 Å². The van der Waals surface area contributed by atoms with Gasteiger partial charge >= 0.3 is 37.4 Å². The summed E-state index contributed by atoms with van der Waals surface area (Å²) in [5.41, 5.74) is 0.521. The van der Waals surface area contributed by atoms with E-state index in [0.29, 0.717) is 5.56 Å². The first-order valence-corrected chi connectivity index (χ1v) is 8.53. The minimum absolute atomic E-state index is 0. The van der Waals surface area contributed by atoms with Crippen LogP contribution in [0.4, 0.5) is 0 Å². The van der Waals surface area contributed by atoms with Crippen LogP contribution in [0.5, 0.6) is 23.0 Å². The molecule has 1 atom stereocenters. The van der Waals surface area contributed by atoms with Crippen molar-refractivity contribution in [3.63, 3.8) is 0 Å². The fourth-order valence-electron chi connectivity index (χ4n) is 1.97. The van der Waals surface area contributed by atoms with Crippen LogP contribution in [0.2, 0.25) is 0 Å². The summed E-state index contributed by atoms with van der Waals surface area (Å²) in [6.07, 6.45) is 0.0887. The third-order valence-electron chi connectivity index (χ3n) is 3.16. The number of aromatic hydroxyl groups is 2. The van der Waals surface area contributed by atoms with Crippen LogP contribution in [0.25, 0.3) is 5.76 Å². The normalized spacial score (nSPS) is 13.6. The Morgan fingerprint density at radius 2 is 1.81 bits per heavy atom. The van der Waals surface area contributed by atoms with Crippen molar-refractivity contribution >= 4 is 19.9 Å². The zero-order valence-electron chi connectivity index (χ0n) is 14.3. The number of allylic oxidation sites excluding steroid dienone is 1. The molecule has 0 spiro atoms. The molecule has 2 rings (SSSR count). The summed E-state index contributed by atoms with van der Waals surface area (Å²) >= 11 is 0. The maximum Gasteiger partial charge on any atom is 1.00 e. The number of carbonyl (C=O) groups is 1. The van der Waals surface area contributed by atoms with E-state index in [0.717, 1.165) is 12.1 Å². The third-order valence-corrected chi connectivity index (χ3v) is 3.59. The van der Waals surface area contributed by atoms with E-state index in [4.69, 9.17) is 9.63 Å². The van der Waals surface area contributed by atoms with E-state index >= 15 is 0 Å². The predicted octanol–water partition coefficient (Wildman–Crippen LogP) is -1.25. The summed E-state index contributed by atoms with van der Waals surface area (Å²) in [6.45, 7) is 1.65. The Balaban J connectivity index is 0.00000364. The Morgan fingerprint density at radius 3 is 2.41 bits per heavy atom. The minimum Gasteiger partial charge on any atom is -0.746 e. The van der Waals surface area contributed by atoms with Crippen molar-refractivity contribution in [1.29, 1.82) is 0 Å². The molecular weight excluding hydrogens is 390 g/mol. The first kappa shape index (κ1) is 23.0. The quantitative estimate of drug-likeness (QED) is 0.152. The number of aryl methyl sites for hydroxylation is 1. The molecule has 0 heterocycles. The summed E-state index contributed by atoms with van der Waals surface area (Å²) in [4.78, 5) is 30.6. The second-order valence-corrected chi connectivity index (χ2v) is 6.25. The molecule has 2 aromatic rings. The summed E-state index contributed by atoms with van der Waals surface area (Å²) < 4.78 is 20.6. The summed E-state index contributed by atoms with van der Waals surface area (Å²) in [5.74, 6) is -2.50. The standard InChI is InChI=1S/C16H15O9P.Na/c1-9-2-4-11(18)7-14(9)24-16(13(20)8-17)10-3-5-12(19)15(6-10)25-26(21,22)23;/h2-8,18-20H,1H3,(H2,21,22,23);/q;+1/p-1/b16-13+;. The Hall–Kier alpha value is -2.00. The van der Waals surface area contributed by atoms with Gasteiger partial charge in [0.1, 0.15) is 11.5 Å². The molecule has 0 aliphatic carbocycles. The number of phosphoric acid groups is 1. The zero-order chi connectivity index (χ0) is 19.5. The smallest absolute Gasteiger partial charge is 0.746 e. The van der Waals surface area contributed by atoms with E-state index in [-0.39, 0.29) is 52.9 Å². The molecule has 11 heteroatoms. The minimum atomic E-state index is -5.21. The van der Waals surface area contributed by atoms with Crippen LogP contribution < -0.4 is 43.7 Å². The maximum atomic E-state index is 11.0. The number of aliphatic hydroxyl groups excluding tert-OH is 1. The van der Waals surface area contributed by atoms with E-state index < -0.39 is 30.8 Å². The van der Waals surface area contributed by atoms with Crippen LogP contribution in [0.3, 0.4) is 0 Å². The molecule has 9 nitrogen and oxygen atoms in total. The number of phosphoric ester groups is 1. The first-order chi connectivity index (χ1) is 12.1. The van der Waals surface area contributed by atoms with Gasteiger partial charge in [-0.2, -0.15) is 0 Å². The van der Waals surface area contributed by atoms with Crippen LogP contribution in [0.1, 0.15) is 11.1 Å². The van der Waals surface area contributed by atoms with Gasteiger partial charge in [0.2, 0.25) is 0 Å². The van der Waals surface area contributed by atoms with Crippen molar-refractivity contribution in [2.45, 2.75) is 6.92 Å². The summed E-state index contributed by atoms with van der Waals surface area (Å²) in [6, 6.07) is 7.34. The zero-order valence-corrected chi connectivity index (χ0v) is 17.2. The van der Waals surface area contributed by atoms with Crippen molar-refractivity contribution < 1.29 is 73.3 Å². The van der Waals surface area contributed by atoms with Gasteiger partial charge in [0, 0.05) is 11.6 Å². The molecule has 138 valence electrons. The molecule has 0 aromatic heterocycles.